The molecule has 2 amide bonds. The smallest absolute Gasteiger partial charge is 0.238 e. The van der Waals surface area contributed by atoms with E-state index in [0.29, 0.717) is 10.7 Å². The van der Waals surface area contributed by atoms with E-state index >= 15 is 0 Å². The standard InChI is InChI=1S/C22H22ClNO2/c1-12-7-8-14(11-17(12)23)24-21(25)19-15-9-10-16(20(19)22(24)26)18(15)13-5-3-2-4-6-13/h7-11,15-16,19-20H,2-6H2,1H3. The van der Waals surface area contributed by atoms with Crippen molar-refractivity contribution in [2.75, 3.05) is 4.90 Å². The van der Waals surface area contributed by atoms with E-state index in [2.05, 4.69) is 12.2 Å². The first kappa shape index (κ1) is 16.3. The van der Waals surface area contributed by atoms with Crippen LogP contribution in [0.1, 0.15) is 37.7 Å². The van der Waals surface area contributed by atoms with Crippen molar-refractivity contribution in [2.24, 2.45) is 23.7 Å². The third-order valence-electron chi connectivity index (χ3n) is 6.69. The van der Waals surface area contributed by atoms with Gasteiger partial charge in [-0.15, -0.1) is 0 Å². The fourth-order valence-electron chi connectivity index (χ4n) is 5.48. The summed E-state index contributed by atoms with van der Waals surface area (Å²) in [5.41, 5.74) is 4.48. The number of hydrogen-bond donors (Lipinski definition) is 0. The molecule has 4 unspecified atom stereocenters. The van der Waals surface area contributed by atoms with Crippen molar-refractivity contribution in [3.8, 4) is 0 Å². The van der Waals surface area contributed by atoms with Gasteiger partial charge in [-0.2, -0.15) is 0 Å². The number of anilines is 1. The first-order valence-corrected chi connectivity index (χ1v) is 10.00. The molecule has 26 heavy (non-hydrogen) atoms. The Kier molecular flexibility index (Phi) is 3.65. The lowest BCUT2D eigenvalue weighted by Crippen LogP contribution is -2.33. The average Bonchev–Trinajstić information content (AvgIpc) is 3.28. The van der Waals surface area contributed by atoms with Crippen molar-refractivity contribution in [1.82, 2.24) is 0 Å². The van der Waals surface area contributed by atoms with E-state index in [-0.39, 0.29) is 35.5 Å². The second-order valence-electron chi connectivity index (χ2n) is 8.05. The number of carbonyl (C=O) groups is 2. The molecule has 4 aliphatic rings. The maximum absolute atomic E-state index is 13.2. The van der Waals surface area contributed by atoms with Gasteiger partial charge in [0.2, 0.25) is 11.8 Å². The molecule has 0 N–H and O–H groups in total. The quantitative estimate of drug-likeness (QED) is 0.526. The highest BCUT2D eigenvalue weighted by Crippen LogP contribution is 2.58. The molecule has 4 atom stereocenters. The van der Waals surface area contributed by atoms with Crippen molar-refractivity contribution < 1.29 is 9.59 Å². The Bertz CT molecular complexity index is 842. The van der Waals surface area contributed by atoms with Gasteiger partial charge in [0, 0.05) is 16.9 Å². The van der Waals surface area contributed by atoms with Gasteiger partial charge >= 0.3 is 0 Å². The fourth-order valence-corrected chi connectivity index (χ4v) is 5.65. The number of hydrogen-bond acceptors (Lipinski definition) is 2. The highest BCUT2D eigenvalue weighted by molar-refractivity contribution is 6.32. The summed E-state index contributed by atoms with van der Waals surface area (Å²) in [5, 5.41) is 0.589. The summed E-state index contributed by atoms with van der Waals surface area (Å²) in [6, 6.07) is 5.44. The number of nitrogens with zero attached hydrogens (tertiary/aromatic N) is 1. The highest BCUT2D eigenvalue weighted by Gasteiger charge is 2.62. The molecule has 1 aromatic carbocycles. The summed E-state index contributed by atoms with van der Waals surface area (Å²) in [6.07, 6.45) is 10.4. The molecule has 0 aromatic heterocycles. The zero-order chi connectivity index (χ0) is 18.0. The zero-order valence-electron chi connectivity index (χ0n) is 14.9. The van der Waals surface area contributed by atoms with Crippen LogP contribution in [0.3, 0.4) is 0 Å². The molecule has 1 heterocycles. The number of rotatable bonds is 1. The van der Waals surface area contributed by atoms with Gasteiger partial charge in [-0.05, 0) is 50.3 Å². The summed E-state index contributed by atoms with van der Waals surface area (Å²) in [4.78, 5) is 27.8. The molecular formula is C22H22ClNO2. The van der Waals surface area contributed by atoms with E-state index < -0.39 is 0 Å². The van der Waals surface area contributed by atoms with E-state index in [1.54, 1.807) is 6.07 Å². The third kappa shape index (κ3) is 2.13. The van der Waals surface area contributed by atoms with E-state index in [1.807, 2.05) is 19.1 Å². The average molecular weight is 368 g/mol. The van der Waals surface area contributed by atoms with Gasteiger partial charge in [-0.25, -0.2) is 4.90 Å². The number of fused-ring (bicyclic) bond motifs is 5. The molecule has 2 saturated carbocycles. The molecule has 1 aromatic rings. The van der Waals surface area contributed by atoms with Gasteiger partial charge in [0.1, 0.15) is 0 Å². The number of halogens is 1. The monoisotopic (exact) mass is 367 g/mol. The van der Waals surface area contributed by atoms with E-state index in [1.165, 1.54) is 35.3 Å². The molecule has 3 aliphatic carbocycles. The lowest BCUT2D eigenvalue weighted by atomic mass is 9.85. The predicted octanol–water partition coefficient (Wildman–Crippen LogP) is 4.83. The Morgan fingerprint density at radius 3 is 2.15 bits per heavy atom. The van der Waals surface area contributed by atoms with Crippen LogP contribution in [0.5, 0.6) is 0 Å². The molecule has 1 aliphatic heterocycles. The van der Waals surface area contributed by atoms with Crippen molar-refractivity contribution in [2.45, 2.75) is 39.0 Å². The lowest BCUT2D eigenvalue weighted by molar-refractivity contribution is -0.122. The molecule has 5 rings (SSSR count). The minimum Gasteiger partial charge on any atom is -0.274 e. The molecule has 3 nitrogen and oxygen atoms in total. The van der Waals surface area contributed by atoms with Crippen molar-refractivity contribution in [3.05, 3.63) is 52.1 Å². The molecule has 2 bridgehead atoms. The maximum Gasteiger partial charge on any atom is 0.238 e. The zero-order valence-corrected chi connectivity index (χ0v) is 15.6. The molecule has 1 saturated heterocycles. The summed E-state index contributed by atoms with van der Waals surface area (Å²) in [6.45, 7) is 1.92. The van der Waals surface area contributed by atoms with Gasteiger partial charge in [0.25, 0.3) is 0 Å². The first-order valence-electron chi connectivity index (χ1n) is 9.62. The Hall–Kier alpha value is -1.87. The van der Waals surface area contributed by atoms with Gasteiger partial charge in [0.05, 0.1) is 17.5 Å². The van der Waals surface area contributed by atoms with E-state index in [4.69, 9.17) is 11.6 Å². The summed E-state index contributed by atoms with van der Waals surface area (Å²) < 4.78 is 0. The molecule has 134 valence electrons. The molecular weight excluding hydrogens is 346 g/mol. The minimum atomic E-state index is -0.220. The summed E-state index contributed by atoms with van der Waals surface area (Å²) in [5.74, 6) is -0.290. The Morgan fingerprint density at radius 1 is 0.962 bits per heavy atom. The van der Waals surface area contributed by atoms with Crippen LogP contribution in [-0.2, 0) is 9.59 Å². The Labute approximate surface area is 158 Å². The second kappa shape index (κ2) is 5.82. The van der Waals surface area contributed by atoms with Crippen LogP contribution in [0.25, 0.3) is 0 Å². The number of aryl methyl sites for hydroxylation is 1. The molecule has 3 fully saturated rings. The predicted molar refractivity (Wildman–Crippen MR) is 102 cm³/mol. The SMILES string of the molecule is Cc1ccc(N2C(=O)C3C4C=CC(C4=C4CCCCC4)C3C2=O)cc1Cl. The number of carbonyl (C=O) groups excluding carboxylic acids is 2. The number of imide groups is 1. The largest absolute Gasteiger partial charge is 0.274 e. The van der Waals surface area contributed by atoms with Crippen LogP contribution in [0.4, 0.5) is 5.69 Å². The molecule has 0 radical (unpaired) electrons. The first-order chi connectivity index (χ1) is 12.6. The summed E-state index contributed by atoms with van der Waals surface area (Å²) >= 11 is 6.23. The molecule has 0 spiro atoms. The fraction of sp³-hybridized carbons (Fsp3) is 0.455. The van der Waals surface area contributed by atoms with Crippen molar-refractivity contribution >= 4 is 29.1 Å². The second-order valence-corrected chi connectivity index (χ2v) is 8.46. The van der Waals surface area contributed by atoms with Crippen LogP contribution >= 0.6 is 11.6 Å². The highest BCUT2D eigenvalue weighted by atomic mass is 35.5. The number of amides is 2. The normalized spacial score (nSPS) is 32.8. The van der Waals surface area contributed by atoms with Gasteiger partial charge in [-0.3, -0.25) is 9.59 Å². The Balaban J connectivity index is 1.53. The Morgan fingerprint density at radius 2 is 1.58 bits per heavy atom. The van der Waals surface area contributed by atoms with Crippen molar-refractivity contribution in [3.63, 3.8) is 0 Å². The van der Waals surface area contributed by atoms with Gasteiger partial charge < -0.3 is 0 Å². The maximum atomic E-state index is 13.2. The van der Waals surface area contributed by atoms with Crippen LogP contribution in [0.15, 0.2) is 41.5 Å². The van der Waals surface area contributed by atoms with Crippen LogP contribution < -0.4 is 4.90 Å². The number of benzene rings is 1. The van der Waals surface area contributed by atoms with Gasteiger partial charge in [0.15, 0.2) is 0 Å². The third-order valence-corrected chi connectivity index (χ3v) is 7.10. The topological polar surface area (TPSA) is 37.4 Å². The van der Waals surface area contributed by atoms with Crippen LogP contribution in [0, 0.1) is 30.6 Å². The van der Waals surface area contributed by atoms with E-state index in [0.717, 1.165) is 18.4 Å². The van der Waals surface area contributed by atoms with Gasteiger partial charge in [-0.1, -0.05) is 47.4 Å². The lowest BCUT2D eigenvalue weighted by Gasteiger charge is -2.23. The molecule has 4 heteroatoms. The minimum absolute atomic E-state index is 0.0503. The van der Waals surface area contributed by atoms with E-state index in [9.17, 15) is 9.59 Å². The number of allylic oxidation sites excluding steroid dienone is 4. The van der Waals surface area contributed by atoms with Crippen LogP contribution in [-0.4, -0.2) is 11.8 Å². The van der Waals surface area contributed by atoms with Crippen molar-refractivity contribution in [1.29, 1.82) is 0 Å². The van der Waals surface area contributed by atoms with Crippen LogP contribution in [0.2, 0.25) is 5.02 Å². The summed E-state index contributed by atoms with van der Waals surface area (Å²) in [7, 11) is 0.